The lowest BCUT2D eigenvalue weighted by Gasteiger charge is -2.25. The maximum absolute atomic E-state index is 12.7. The number of carbonyl (C=O) groups is 1. The van der Waals surface area contributed by atoms with E-state index >= 15 is 0 Å². The molecular weight excluding hydrogens is 229 g/mol. The van der Waals surface area contributed by atoms with E-state index in [0.29, 0.717) is 0 Å². The Kier molecular flexibility index (Phi) is 2.98. The first-order valence-electron chi connectivity index (χ1n) is 5.62. The van der Waals surface area contributed by atoms with Crippen LogP contribution in [-0.4, -0.2) is 5.78 Å². The first kappa shape index (κ1) is 12.1. The normalized spacial score (nSPS) is 16.7. The summed E-state index contributed by atoms with van der Waals surface area (Å²) in [5.74, 6) is -0.211. The van der Waals surface area contributed by atoms with E-state index in [1.165, 1.54) is 19.1 Å². The Labute approximate surface area is 97.6 Å². The number of hydrogen-bond donors (Lipinski definition) is 0. The summed E-state index contributed by atoms with van der Waals surface area (Å²) < 4.78 is 38.0. The van der Waals surface area contributed by atoms with Crippen LogP contribution in [0.5, 0.6) is 0 Å². The lowest BCUT2D eigenvalue weighted by molar-refractivity contribution is -0.138. The van der Waals surface area contributed by atoms with Gasteiger partial charge in [0.25, 0.3) is 0 Å². The molecule has 1 fully saturated rings. The molecule has 0 bridgehead atoms. The molecule has 0 saturated heterocycles. The first-order valence-corrected chi connectivity index (χ1v) is 5.62. The van der Waals surface area contributed by atoms with Gasteiger partial charge < -0.3 is 0 Å². The molecule has 0 aliphatic heterocycles. The summed E-state index contributed by atoms with van der Waals surface area (Å²) in [5, 5.41) is 0. The lowest BCUT2D eigenvalue weighted by atomic mass is 9.78. The molecule has 0 spiro atoms. The third-order valence-electron chi connectivity index (χ3n) is 3.38. The molecule has 1 aliphatic carbocycles. The molecule has 0 atom stereocenters. The number of ketones is 1. The highest BCUT2D eigenvalue weighted by Crippen LogP contribution is 2.35. The standard InChI is InChI=1S/C13H13F3O/c1-8-10(12(17)9-4-2-5-9)6-3-7-11(8)13(14,15)16/h3,6-7,9H,2,4-5H2,1H3. The summed E-state index contributed by atoms with van der Waals surface area (Å²) in [6.07, 6.45) is -1.79. The average molecular weight is 242 g/mol. The van der Waals surface area contributed by atoms with Crippen molar-refractivity contribution < 1.29 is 18.0 Å². The van der Waals surface area contributed by atoms with E-state index in [2.05, 4.69) is 0 Å². The maximum atomic E-state index is 12.7. The van der Waals surface area contributed by atoms with Gasteiger partial charge in [-0.1, -0.05) is 18.6 Å². The summed E-state index contributed by atoms with van der Waals surface area (Å²) in [5.41, 5.74) is -0.427. The highest BCUT2D eigenvalue weighted by molar-refractivity contribution is 5.99. The Morgan fingerprint density at radius 2 is 1.94 bits per heavy atom. The molecule has 92 valence electrons. The zero-order chi connectivity index (χ0) is 12.6. The van der Waals surface area contributed by atoms with Crippen LogP contribution in [0.15, 0.2) is 18.2 Å². The van der Waals surface area contributed by atoms with Crippen LogP contribution in [0.4, 0.5) is 13.2 Å². The van der Waals surface area contributed by atoms with E-state index in [1.807, 2.05) is 0 Å². The second-order valence-electron chi connectivity index (χ2n) is 4.47. The summed E-state index contributed by atoms with van der Waals surface area (Å²) in [6.45, 7) is 1.37. The van der Waals surface area contributed by atoms with E-state index in [4.69, 9.17) is 0 Å². The predicted molar refractivity (Wildman–Crippen MR) is 57.9 cm³/mol. The van der Waals surface area contributed by atoms with Gasteiger partial charge in [-0.25, -0.2) is 0 Å². The molecule has 17 heavy (non-hydrogen) atoms. The quantitative estimate of drug-likeness (QED) is 0.716. The highest BCUT2D eigenvalue weighted by Gasteiger charge is 2.35. The SMILES string of the molecule is Cc1c(C(=O)C2CCC2)cccc1C(F)(F)F. The van der Waals surface area contributed by atoms with Gasteiger partial charge in [-0.2, -0.15) is 13.2 Å². The van der Waals surface area contributed by atoms with E-state index in [-0.39, 0.29) is 22.8 Å². The third kappa shape index (κ3) is 2.21. The minimum atomic E-state index is -4.39. The van der Waals surface area contributed by atoms with Crippen molar-refractivity contribution in [1.29, 1.82) is 0 Å². The van der Waals surface area contributed by atoms with E-state index in [0.717, 1.165) is 25.3 Å². The molecule has 1 saturated carbocycles. The molecule has 4 heteroatoms. The summed E-state index contributed by atoms with van der Waals surface area (Å²) >= 11 is 0. The summed E-state index contributed by atoms with van der Waals surface area (Å²) in [4.78, 5) is 12.0. The zero-order valence-corrected chi connectivity index (χ0v) is 9.47. The van der Waals surface area contributed by atoms with Gasteiger partial charge in [0, 0.05) is 11.5 Å². The molecule has 0 aromatic heterocycles. The molecule has 0 amide bonds. The molecule has 1 aromatic rings. The zero-order valence-electron chi connectivity index (χ0n) is 9.47. The van der Waals surface area contributed by atoms with Crippen LogP contribution in [0.1, 0.15) is 40.7 Å². The Morgan fingerprint density at radius 1 is 1.29 bits per heavy atom. The number of hydrogen-bond acceptors (Lipinski definition) is 1. The van der Waals surface area contributed by atoms with E-state index < -0.39 is 11.7 Å². The van der Waals surface area contributed by atoms with Crippen molar-refractivity contribution >= 4 is 5.78 Å². The van der Waals surface area contributed by atoms with Crippen molar-refractivity contribution in [3.63, 3.8) is 0 Å². The van der Waals surface area contributed by atoms with Crippen molar-refractivity contribution in [3.8, 4) is 0 Å². The van der Waals surface area contributed by atoms with Crippen LogP contribution in [0.25, 0.3) is 0 Å². The summed E-state index contributed by atoms with van der Waals surface area (Å²) in [6, 6.07) is 3.82. The van der Waals surface area contributed by atoms with Crippen molar-refractivity contribution in [2.45, 2.75) is 32.4 Å². The van der Waals surface area contributed by atoms with Gasteiger partial charge >= 0.3 is 6.18 Å². The Hall–Kier alpha value is -1.32. The Balaban J connectivity index is 2.38. The average Bonchev–Trinajstić information content (AvgIpc) is 2.13. The van der Waals surface area contributed by atoms with Crippen LogP contribution < -0.4 is 0 Å². The maximum Gasteiger partial charge on any atom is 0.416 e. The largest absolute Gasteiger partial charge is 0.416 e. The molecule has 0 radical (unpaired) electrons. The molecule has 0 unspecified atom stereocenters. The fraction of sp³-hybridized carbons (Fsp3) is 0.462. The highest BCUT2D eigenvalue weighted by atomic mass is 19.4. The number of Topliss-reactive ketones (excluding diaryl/α,β-unsaturated/α-hetero) is 1. The molecular formula is C13H13F3O. The molecule has 1 aromatic carbocycles. The molecule has 2 rings (SSSR count). The number of halogens is 3. The van der Waals surface area contributed by atoms with E-state index in [9.17, 15) is 18.0 Å². The number of alkyl halides is 3. The Morgan fingerprint density at radius 3 is 2.41 bits per heavy atom. The second-order valence-corrected chi connectivity index (χ2v) is 4.47. The van der Waals surface area contributed by atoms with E-state index in [1.54, 1.807) is 0 Å². The van der Waals surface area contributed by atoms with Crippen molar-refractivity contribution in [2.24, 2.45) is 5.92 Å². The smallest absolute Gasteiger partial charge is 0.294 e. The fourth-order valence-electron chi connectivity index (χ4n) is 2.10. The lowest BCUT2D eigenvalue weighted by Crippen LogP contribution is -2.23. The predicted octanol–water partition coefficient (Wildman–Crippen LogP) is 4.00. The van der Waals surface area contributed by atoms with Crippen LogP contribution in [0.2, 0.25) is 0 Å². The monoisotopic (exact) mass is 242 g/mol. The van der Waals surface area contributed by atoms with Gasteiger partial charge in [-0.05, 0) is 31.4 Å². The van der Waals surface area contributed by atoms with Crippen LogP contribution in [0, 0.1) is 12.8 Å². The minimum absolute atomic E-state index is 0.0527. The van der Waals surface area contributed by atoms with Crippen molar-refractivity contribution in [1.82, 2.24) is 0 Å². The number of rotatable bonds is 2. The molecule has 0 N–H and O–H groups in total. The fourth-order valence-corrected chi connectivity index (χ4v) is 2.10. The first-order chi connectivity index (χ1) is 7.91. The van der Waals surface area contributed by atoms with Crippen molar-refractivity contribution in [3.05, 3.63) is 34.9 Å². The molecule has 1 aliphatic rings. The second kappa shape index (κ2) is 4.17. The van der Waals surface area contributed by atoms with Gasteiger partial charge in [0.1, 0.15) is 0 Å². The Bertz CT molecular complexity index is 444. The van der Waals surface area contributed by atoms with Gasteiger partial charge in [-0.3, -0.25) is 4.79 Å². The molecule has 1 nitrogen and oxygen atoms in total. The van der Waals surface area contributed by atoms with Crippen LogP contribution in [0.3, 0.4) is 0 Å². The van der Waals surface area contributed by atoms with Gasteiger partial charge in [-0.15, -0.1) is 0 Å². The van der Waals surface area contributed by atoms with Crippen LogP contribution >= 0.6 is 0 Å². The van der Waals surface area contributed by atoms with Crippen LogP contribution in [-0.2, 0) is 6.18 Å². The third-order valence-corrected chi connectivity index (χ3v) is 3.38. The van der Waals surface area contributed by atoms with Gasteiger partial charge in [0.05, 0.1) is 5.56 Å². The topological polar surface area (TPSA) is 17.1 Å². The number of carbonyl (C=O) groups excluding carboxylic acids is 1. The summed E-state index contributed by atoms with van der Waals surface area (Å²) in [7, 11) is 0. The van der Waals surface area contributed by atoms with Gasteiger partial charge in [0.2, 0.25) is 0 Å². The molecule has 0 heterocycles. The number of benzene rings is 1. The minimum Gasteiger partial charge on any atom is -0.294 e. The van der Waals surface area contributed by atoms with Crippen molar-refractivity contribution in [2.75, 3.05) is 0 Å². The van der Waals surface area contributed by atoms with Gasteiger partial charge in [0.15, 0.2) is 5.78 Å².